The van der Waals surface area contributed by atoms with Crippen molar-refractivity contribution in [2.45, 2.75) is 32.0 Å². The highest BCUT2D eigenvalue weighted by Gasteiger charge is 2.20. The van der Waals surface area contributed by atoms with Gasteiger partial charge in [-0.05, 0) is 30.5 Å². The molecule has 6 heteroatoms. The van der Waals surface area contributed by atoms with Crippen molar-refractivity contribution >= 4 is 23.2 Å². The zero-order valence-electron chi connectivity index (χ0n) is 10.3. The van der Waals surface area contributed by atoms with Gasteiger partial charge in [0.15, 0.2) is 5.82 Å². The first-order valence-corrected chi connectivity index (χ1v) is 7.02. The van der Waals surface area contributed by atoms with E-state index < -0.39 is 0 Å². The van der Waals surface area contributed by atoms with E-state index in [2.05, 4.69) is 15.4 Å². The Hall–Kier alpha value is -1.10. The van der Waals surface area contributed by atoms with Gasteiger partial charge >= 0.3 is 0 Å². The van der Waals surface area contributed by atoms with Gasteiger partial charge in [-0.3, -0.25) is 0 Å². The molecule has 4 nitrogen and oxygen atoms in total. The maximum Gasteiger partial charge on any atom is 0.164 e. The minimum absolute atomic E-state index is 0.565. The smallest absolute Gasteiger partial charge is 0.164 e. The molecule has 1 aliphatic rings. The first kappa shape index (κ1) is 12.9. The largest absolute Gasteiger partial charge is 0.307 e. The molecule has 0 atom stereocenters. The fourth-order valence-corrected chi connectivity index (χ4v) is 2.16. The summed E-state index contributed by atoms with van der Waals surface area (Å²) in [5.74, 6) is 0.826. The number of rotatable bonds is 5. The van der Waals surface area contributed by atoms with Crippen LogP contribution in [0.1, 0.15) is 24.2 Å². The monoisotopic (exact) mass is 296 g/mol. The molecule has 1 fully saturated rings. The van der Waals surface area contributed by atoms with Gasteiger partial charge in [0.1, 0.15) is 6.33 Å². The summed E-state index contributed by atoms with van der Waals surface area (Å²) in [6.45, 7) is 1.38. The zero-order valence-corrected chi connectivity index (χ0v) is 11.8. The highest BCUT2D eigenvalue weighted by atomic mass is 35.5. The molecule has 1 heterocycles. The zero-order chi connectivity index (χ0) is 13.2. The Morgan fingerprint density at radius 3 is 2.84 bits per heavy atom. The number of nitrogens with one attached hydrogen (secondary N) is 1. The van der Waals surface area contributed by atoms with Gasteiger partial charge in [-0.25, -0.2) is 9.67 Å². The fourth-order valence-electron chi connectivity index (χ4n) is 1.84. The van der Waals surface area contributed by atoms with Crippen molar-refractivity contribution in [2.75, 3.05) is 0 Å². The molecule has 1 aromatic heterocycles. The molecule has 0 saturated heterocycles. The summed E-state index contributed by atoms with van der Waals surface area (Å²) in [5.41, 5.74) is 1.06. The minimum Gasteiger partial charge on any atom is -0.307 e. The summed E-state index contributed by atoms with van der Waals surface area (Å²) in [6.07, 6.45) is 4.28. The first-order valence-electron chi connectivity index (χ1n) is 6.26. The lowest BCUT2D eigenvalue weighted by atomic mass is 10.2. The molecule has 2 aromatic rings. The quantitative estimate of drug-likeness (QED) is 0.922. The highest BCUT2D eigenvalue weighted by molar-refractivity contribution is 6.42. The molecule has 0 spiro atoms. The second-order valence-corrected chi connectivity index (χ2v) is 5.58. The number of hydrogen-bond donors (Lipinski definition) is 1. The van der Waals surface area contributed by atoms with E-state index in [4.69, 9.17) is 23.2 Å². The molecule has 1 aliphatic carbocycles. The lowest BCUT2D eigenvalue weighted by molar-refractivity contribution is 0.628. The molecule has 0 radical (unpaired) electrons. The standard InChI is InChI=1S/C13H14Cl2N4/c14-11-4-1-9(5-12(11)15)7-19-8-17-13(18-19)6-16-10-2-3-10/h1,4-5,8,10,16H,2-3,6-7H2. The third-order valence-corrected chi connectivity index (χ3v) is 3.78. The lowest BCUT2D eigenvalue weighted by Crippen LogP contribution is -2.16. The maximum absolute atomic E-state index is 5.99. The van der Waals surface area contributed by atoms with Crippen LogP contribution in [0, 0.1) is 0 Å². The van der Waals surface area contributed by atoms with Crippen molar-refractivity contribution < 1.29 is 0 Å². The number of aromatic nitrogens is 3. The number of hydrogen-bond acceptors (Lipinski definition) is 3. The van der Waals surface area contributed by atoms with Crippen LogP contribution in [0.15, 0.2) is 24.5 Å². The third kappa shape index (κ3) is 3.47. The van der Waals surface area contributed by atoms with Gasteiger partial charge in [0, 0.05) is 6.04 Å². The van der Waals surface area contributed by atoms with Crippen molar-refractivity contribution in [3.05, 3.63) is 46.0 Å². The summed E-state index contributed by atoms with van der Waals surface area (Å²) in [7, 11) is 0. The predicted octanol–water partition coefficient (Wildman–Crippen LogP) is 2.89. The predicted molar refractivity (Wildman–Crippen MR) is 75.4 cm³/mol. The third-order valence-electron chi connectivity index (χ3n) is 3.04. The van der Waals surface area contributed by atoms with E-state index in [0.29, 0.717) is 22.6 Å². The van der Waals surface area contributed by atoms with Crippen molar-refractivity contribution in [3.8, 4) is 0 Å². The van der Waals surface area contributed by atoms with Gasteiger partial charge in [0.05, 0.1) is 23.1 Å². The molecule has 1 aromatic carbocycles. The average Bonchev–Trinajstić information content (AvgIpc) is 3.12. The normalized spacial score (nSPS) is 14.8. The second kappa shape index (κ2) is 5.49. The SMILES string of the molecule is Clc1ccc(Cn2cnc(CNC3CC3)n2)cc1Cl. The van der Waals surface area contributed by atoms with Crippen LogP contribution in [-0.4, -0.2) is 20.8 Å². The molecule has 0 unspecified atom stereocenters. The Morgan fingerprint density at radius 2 is 2.11 bits per heavy atom. The molecule has 3 rings (SSSR count). The van der Waals surface area contributed by atoms with Crippen LogP contribution in [0.4, 0.5) is 0 Å². The van der Waals surface area contributed by atoms with Crippen LogP contribution in [0.5, 0.6) is 0 Å². The molecule has 0 aliphatic heterocycles. The number of benzene rings is 1. The van der Waals surface area contributed by atoms with E-state index in [1.54, 1.807) is 12.4 Å². The van der Waals surface area contributed by atoms with Crippen LogP contribution in [0.2, 0.25) is 10.0 Å². The molecule has 1 saturated carbocycles. The molecule has 0 bridgehead atoms. The molecule has 0 amide bonds. The van der Waals surface area contributed by atoms with Crippen LogP contribution >= 0.6 is 23.2 Å². The van der Waals surface area contributed by atoms with Crippen LogP contribution in [0.3, 0.4) is 0 Å². The van der Waals surface area contributed by atoms with Gasteiger partial charge in [-0.2, -0.15) is 5.10 Å². The van der Waals surface area contributed by atoms with Gasteiger partial charge in [-0.15, -0.1) is 0 Å². The average molecular weight is 297 g/mol. The van der Waals surface area contributed by atoms with Gasteiger partial charge < -0.3 is 5.32 Å². The van der Waals surface area contributed by atoms with E-state index in [-0.39, 0.29) is 0 Å². The topological polar surface area (TPSA) is 42.7 Å². The summed E-state index contributed by atoms with van der Waals surface area (Å²) in [4.78, 5) is 4.28. The van der Waals surface area contributed by atoms with Crippen molar-refractivity contribution in [2.24, 2.45) is 0 Å². The Morgan fingerprint density at radius 1 is 1.26 bits per heavy atom. The van der Waals surface area contributed by atoms with E-state index in [0.717, 1.165) is 17.9 Å². The summed E-state index contributed by atoms with van der Waals surface area (Å²) in [6, 6.07) is 6.26. The van der Waals surface area contributed by atoms with Crippen LogP contribution < -0.4 is 5.32 Å². The fraction of sp³-hybridized carbons (Fsp3) is 0.385. The molecule has 19 heavy (non-hydrogen) atoms. The second-order valence-electron chi connectivity index (χ2n) is 4.76. The van der Waals surface area contributed by atoms with Crippen molar-refractivity contribution in [3.63, 3.8) is 0 Å². The summed E-state index contributed by atoms with van der Waals surface area (Å²) in [5, 5.41) is 8.95. The Balaban J connectivity index is 1.63. The van der Waals surface area contributed by atoms with Crippen LogP contribution in [-0.2, 0) is 13.1 Å². The minimum atomic E-state index is 0.565. The Labute approximate surface area is 121 Å². The lowest BCUT2D eigenvalue weighted by Gasteiger charge is -2.03. The summed E-state index contributed by atoms with van der Waals surface area (Å²) >= 11 is 11.9. The molecular formula is C13H14Cl2N4. The molecule has 1 N–H and O–H groups in total. The van der Waals surface area contributed by atoms with Gasteiger partial charge in [0.25, 0.3) is 0 Å². The van der Waals surface area contributed by atoms with Crippen molar-refractivity contribution in [1.29, 1.82) is 0 Å². The number of nitrogens with zero attached hydrogens (tertiary/aromatic N) is 3. The van der Waals surface area contributed by atoms with Crippen LogP contribution in [0.25, 0.3) is 0 Å². The highest BCUT2D eigenvalue weighted by Crippen LogP contribution is 2.23. The van der Waals surface area contributed by atoms with Gasteiger partial charge in [-0.1, -0.05) is 29.3 Å². The van der Waals surface area contributed by atoms with E-state index in [9.17, 15) is 0 Å². The molecule has 100 valence electrons. The van der Waals surface area contributed by atoms with E-state index in [1.807, 2.05) is 16.8 Å². The summed E-state index contributed by atoms with van der Waals surface area (Å²) < 4.78 is 1.81. The van der Waals surface area contributed by atoms with Gasteiger partial charge in [0.2, 0.25) is 0 Å². The Kier molecular flexibility index (Phi) is 3.73. The number of halogens is 2. The van der Waals surface area contributed by atoms with E-state index >= 15 is 0 Å². The first-order chi connectivity index (χ1) is 9.20. The van der Waals surface area contributed by atoms with Crippen molar-refractivity contribution in [1.82, 2.24) is 20.1 Å². The maximum atomic E-state index is 5.99. The molecular weight excluding hydrogens is 283 g/mol. The Bertz CT molecular complexity index is 578. The van der Waals surface area contributed by atoms with E-state index in [1.165, 1.54) is 12.8 Å².